The molecule has 0 aromatic heterocycles. The topological polar surface area (TPSA) is 102 Å². The fraction of sp³-hybridized carbons (Fsp3) is 0.600. The molecule has 1 aliphatic heterocycles. The van der Waals surface area contributed by atoms with E-state index in [0.717, 1.165) is 12.5 Å². The fourth-order valence-electron chi connectivity index (χ4n) is 3.00. The molecule has 0 radical (unpaired) electrons. The first-order valence-electron chi connectivity index (χ1n) is 7.44. The van der Waals surface area contributed by atoms with Crippen LogP contribution < -0.4 is 0 Å². The summed E-state index contributed by atoms with van der Waals surface area (Å²) in [7, 11) is 0. The lowest BCUT2D eigenvalue weighted by atomic mass is 9.80. The van der Waals surface area contributed by atoms with Crippen LogP contribution in [0.15, 0.2) is 23.3 Å². The van der Waals surface area contributed by atoms with Gasteiger partial charge in [0, 0.05) is 32.4 Å². The van der Waals surface area contributed by atoms with Crippen molar-refractivity contribution in [1.82, 2.24) is 0 Å². The summed E-state index contributed by atoms with van der Waals surface area (Å²) in [6.07, 6.45) is 0.742. The first-order chi connectivity index (χ1) is 10.5. The Hall–Kier alpha value is -2.38. The van der Waals surface area contributed by atoms with E-state index < -0.39 is 15.4 Å². The van der Waals surface area contributed by atoms with Crippen LogP contribution in [-0.4, -0.2) is 25.6 Å². The molecule has 0 saturated heterocycles. The van der Waals surface area contributed by atoms with Gasteiger partial charge in [-0.25, -0.2) is 0 Å². The van der Waals surface area contributed by atoms with Crippen LogP contribution in [0.5, 0.6) is 0 Å². The predicted octanol–water partition coefficient (Wildman–Crippen LogP) is 4.20. The van der Waals surface area contributed by atoms with Crippen molar-refractivity contribution in [2.24, 2.45) is 11.0 Å². The smallest absolute Gasteiger partial charge is 0.258 e. The molecule has 0 amide bonds. The van der Waals surface area contributed by atoms with Crippen molar-refractivity contribution in [2.45, 2.75) is 52.1 Å². The number of rotatable bonds is 4. The van der Waals surface area contributed by atoms with E-state index in [2.05, 4.69) is 13.8 Å². The number of benzene rings is 1. The molecule has 124 valence electrons. The van der Waals surface area contributed by atoms with Crippen molar-refractivity contribution in [1.29, 1.82) is 0 Å². The van der Waals surface area contributed by atoms with Crippen molar-refractivity contribution in [3.63, 3.8) is 0 Å². The van der Waals surface area contributed by atoms with E-state index in [9.17, 15) is 20.2 Å². The van der Waals surface area contributed by atoms with E-state index in [4.69, 9.17) is 5.11 Å². The quantitative estimate of drug-likeness (QED) is 0.471. The average Bonchev–Trinajstić information content (AvgIpc) is 2.68. The molecule has 0 spiro atoms. The molecule has 0 N–H and O–H groups in total. The number of azo groups is 2. The van der Waals surface area contributed by atoms with Crippen LogP contribution in [0.3, 0.4) is 0 Å². The summed E-state index contributed by atoms with van der Waals surface area (Å²) < 4.78 is 1.65. The van der Waals surface area contributed by atoms with E-state index in [0.29, 0.717) is 0 Å². The minimum Gasteiger partial charge on any atom is -0.258 e. The van der Waals surface area contributed by atoms with Crippen LogP contribution in [0.25, 0.3) is 0 Å². The highest BCUT2D eigenvalue weighted by Crippen LogP contribution is 2.45. The molecule has 23 heavy (non-hydrogen) atoms. The van der Waals surface area contributed by atoms with Gasteiger partial charge in [-0.3, -0.25) is 20.2 Å². The molecule has 1 aliphatic rings. The Bertz CT molecular complexity index is 711. The van der Waals surface area contributed by atoms with Crippen molar-refractivity contribution in [3.05, 3.63) is 38.4 Å². The summed E-state index contributed by atoms with van der Waals surface area (Å²) in [6.45, 7) is 10.1. The Morgan fingerprint density at radius 3 is 2.22 bits per heavy atom. The molecule has 0 unspecified atom stereocenters. The van der Waals surface area contributed by atoms with Crippen LogP contribution in [0, 0.1) is 26.1 Å². The summed E-state index contributed by atoms with van der Waals surface area (Å²) >= 11 is 0. The highest BCUT2D eigenvalue weighted by atomic mass is 16.6. The molecule has 0 bridgehead atoms. The largest absolute Gasteiger partial charge is 0.349 e. The lowest BCUT2D eigenvalue weighted by molar-refractivity contribution is -0.578. The maximum Gasteiger partial charge on any atom is 0.349 e. The maximum atomic E-state index is 11.4. The Labute approximate surface area is 134 Å². The summed E-state index contributed by atoms with van der Waals surface area (Å²) in [6, 6.07) is 3.68. The Morgan fingerprint density at radius 1 is 1.17 bits per heavy atom. The van der Waals surface area contributed by atoms with Crippen molar-refractivity contribution in [3.8, 4) is 0 Å². The van der Waals surface area contributed by atoms with Crippen LogP contribution in [0.1, 0.15) is 41.0 Å². The van der Waals surface area contributed by atoms with Crippen molar-refractivity contribution in [2.75, 3.05) is 0 Å². The van der Waals surface area contributed by atoms with Crippen molar-refractivity contribution >= 4 is 17.1 Å². The van der Waals surface area contributed by atoms with Gasteiger partial charge < -0.3 is 0 Å². The maximum absolute atomic E-state index is 11.4. The number of nitro groups is 2. The standard InChI is InChI=1S/C15H21N4O4/c1-10(2)15(5)9-14(3,4)17(16-15)12-7-6-11(18(20)21)8-13(12)19(22)23/h6-8,10H,9H2,1-5H3/q+1/t15-/m1/s1. The molecule has 1 aromatic carbocycles. The minimum absolute atomic E-state index is 0.267. The summed E-state index contributed by atoms with van der Waals surface area (Å²) in [4.78, 5) is 21.0. The van der Waals surface area contributed by atoms with E-state index >= 15 is 0 Å². The van der Waals surface area contributed by atoms with Crippen molar-refractivity contribution < 1.29 is 14.5 Å². The molecular formula is C15H21N4O4+. The van der Waals surface area contributed by atoms with Crippen LogP contribution in [0.2, 0.25) is 0 Å². The lowest BCUT2D eigenvalue weighted by Crippen LogP contribution is -2.34. The number of hydrogen-bond donors (Lipinski definition) is 0. The third-order valence-electron chi connectivity index (χ3n) is 4.53. The monoisotopic (exact) mass is 321 g/mol. The molecule has 0 aliphatic carbocycles. The van der Waals surface area contributed by atoms with Gasteiger partial charge >= 0.3 is 11.4 Å². The van der Waals surface area contributed by atoms with E-state index in [1.807, 2.05) is 20.8 Å². The van der Waals surface area contributed by atoms with Gasteiger partial charge in [0.25, 0.3) is 5.69 Å². The second kappa shape index (κ2) is 5.36. The lowest BCUT2D eigenvalue weighted by Gasteiger charge is -2.22. The van der Waals surface area contributed by atoms with E-state index in [1.54, 1.807) is 4.70 Å². The number of nitrogens with zero attached hydrogens (tertiary/aromatic N) is 4. The molecular weight excluding hydrogens is 300 g/mol. The third kappa shape index (κ3) is 2.93. The second-order valence-corrected chi connectivity index (χ2v) is 7.10. The zero-order valence-corrected chi connectivity index (χ0v) is 13.9. The van der Waals surface area contributed by atoms with Gasteiger partial charge in [-0.2, -0.15) is 0 Å². The van der Waals surface area contributed by atoms with Gasteiger partial charge in [0.2, 0.25) is 0 Å². The van der Waals surface area contributed by atoms with Gasteiger partial charge in [-0.1, -0.05) is 18.5 Å². The van der Waals surface area contributed by atoms with Crippen LogP contribution in [0.4, 0.5) is 17.1 Å². The van der Waals surface area contributed by atoms with Gasteiger partial charge in [0.15, 0.2) is 5.54 Å². The van der Waals surface area contributed by atoms with E-state index in [-0.39, 0.29) is 28.5 Å². The Balaban J connectivity index is 2.65. The third-order valence-corrected chi connectivity index (χ3v) is 4.53. The Kier molecular flexibility index (Phi) is 3.96. The first kappa shape index (κ1) is 17.0. The average molecular weight is 321 g/mol. The summed E-state index contributed by atoms with van der Waals surface area (Å²) in [5.41, 5.74) is -1.07. The van der Waals surface area contributed by atoms with Crippen LogP contribution in [-0.2, 0) is 0 Å². The van der Waals surface area contributed by atoms with E-state index in [1.165, 1.54) is 12.1 Å². The Morgan fingerprint density at radius 2 is 1.78 bits per heavy atom. The summed E-state index contributed by atoms with van der Waals surface area (Å²) in [5, 5.41) is 27.0. The molecule has 1 aromatic rings. The fourth-order valence-corrected chi connectivity index (χ4v) is 3.00. The number of nitro benzene ring substituents is 2. The zero-order chi connectivity index (χ0) is 17.6. The molecule has 1 atom stereocenters. The minimum atomic E-state index is -0.638. The zero-order valence-electron chi connectivity index (χ0n) is 13.9. The van der Waals surface area contributed by atoms with Gasteiger partial charge in [-0.15, -0.1) is 0 Å². The second-order valence-electron chi connectivity index (χ2n) is 7.10. The van der Waals surface area contributed by atoms with Gasteiger partial charge in [0.05, 0.1) is 9.85 Å². The number of non-ortho nitro benzene ring substituents is 1. The van der Waals surface area contributed by atoms with Crippen LogP contribution >= 0.6 is 0 Å². The molecule has 8 nitrogen and oxygen atoms in total. The normalized spacial score (nSPS) is 23.0. The predicted molar refractivity (Wildman–Crippen MR) is 84.0 cm³/mol. The molecule has 1 heterocycles. The molecule has 8 heteroatoms. The van der Waals surface area contributed by atoms with Gasteiger partial charge in [0.1, 0.15) is 11.6 Å². The molecule has 0 saturated carbocycles. The molecule has 0 fully saturated rings. The molecule has 2 rings (SSSR count). The highest BCUT2D eigenvalue weighted by molar-refractivity contribution is 5.58. The summed E-state index contributed by atoms with van der Waals surface area (Å²) in [5.74, 6) is 0.267. The first-order valence-corrected chi connectivity index (χ1v) is 7.44. The SMILES string of the molecule is CC(C)[C@@]1(C)CC(C)(C)[N+](c2ccc([N+](=O)[O-])cc2[N+](=O)[O-])=N1. The van der Waals surface area contributed by atoms with Gasteiger partial charge in [-0.05, 0) is 18.0 Å². The number of hydrogen-bond acceptors (Lipinski definition) is 5. The highest BCUT2D eigenvalue weighted by Gasteiger charge is 2.53.